The lowest BCUT2D eigenvalue weighted by Crippen LogP contribution is -2.24. The van der Waals surface area contributed by atoms with E-state index in [0.717, 1.165) is 5.69 Å². The molecule has 0 fully saturated rings. The first-order valence-electron chi connectivity index (χ1n) is 5.00. The molecule has 2 aromatic rings. The van der Waals surface area contributed by atoms with Crippen LogP contribution in [0.25, 0.3) is 11.1 Å². The molecule has 0 unspecified atom stereocenters. The molecular weight excluding hydrogens is 211 g/mol. The Hall–Kier alpha value is -1.78. The zero-order chi connectivity index (χ0) is 11.8. The second-order valence-electron chi connectivity index (χ2n) is 4.30. The Balaban J connectivity index is 2.22. The van der Waals surface area contributed by atoms with E-state index in [0.29, 0.717) is 11.1 Å². The molecule has 0 bridgehead atoms. The number of halogens is 1. The molecule has 1 aromatic heterocycles. The molecule has 4 nitrogen and oxygen atoms in total. The van der Waals surface area contributed by atoms with Crippen molar-refractivity contribution >= 4 is 16.8 Å². The van der Waals surface area contributed by atoms with Gasteiger partial charge in [-0.1, -0.05) is 0 Å². The Bertz CT molecular complexity index is 551. The molecule has 0 atom stereocenters. The van der Waals surface area contributed by atoms with Gasteiger partial charge in [0, 0.05) is 18.3 Å². The summed E-state index contributed by atoms with van der Waals surface area (Å²) in [6, 6.07) is 5.15. The Kier molecular flexibility index (Phi) is 2.46. The van der Waals surface area contributed by atoms with Crippen LogP contribution in [0.1, 0.15) is 13.8 Å². The van der Waals surface area contributed by atoms with Gasteiger partial charge in [0.25, 0.3) is 0 Å². The summed E-state index contributed by atoms with van der Waals surface area (Å²) in [4.78, 5) is 13.4. The minimum absolute atomic E-state index is 0.202. The van der Waals surface area contributed by atoms with E-state index in [1.807, 2.05) is 0 Å². The maximum Gasteiger partial charge on any atom is 0.417 e. The number of hydrogen-bond acceptors (Lipinski definition) is 3. The molecule has 16 heavy (non-hydrogen) atoms. The quantitative estimate of drug-likeness (QED) is 0.840. The van der Waals surface area contributed by atoms with Crippen LogP contribution in [0.15, 0.2) is 27.4 Å². The number of alkyl halides is 1. The molecule has 0 amide bonds. The summed E-state index contributed by atoms with van der Waals surface area (Å²) in [5.41, 5.74) is 0.538. The molecule has 0 aliphatic carbocycles. The van der Waals surface area contributed by atoms with E-state index in [9.17, 15) is 9.18 Å². The first-order chi connectivity index (χ1) is 7.44. The summed E-state index contributed by atoms with van der Waals surface area (Å²) in [5.74, 6) is -0.488. The molecule has 0 spiro atoms. The molecule has 0 saturated carbocycles. The van der Waals surface area contributed by atoms with Crippen molar-refractivity contribution in [3.05, 3.63) is 28.7 Å². The predicted molar refractivity (Wildman–Crippen MR) is 60.5 cm³/mol. The minimum atomic E-state index is -1.28. The molecule has 2 rings (SSSR count). The van der Waals surface area contributed by atoms with Gasteiger partial charge in [0.1, 0.15) is 5.67 Å². The van der Waals surface area contributed by atoms with Crippen LogP contribution >= 0.6 is 0 Å². The number of anilines is 1. The van der Waals surface area contributed by atoms with Crippen molar-refractivity contribution in [1.29, 1.82) is 0 Å². The molecule has 86 valence electrons. The van der Waals surface area contributed by atoms with E-state index in [2.05, 4.69) is 10.3 Å². The van der Waals surface area contributed by atoms with E-state index < -0.39 is 11.4 Å². The van der Waals surface area contributed by atoms with Crippen LogP contribution in [0.2, 0.25) is 0 Å². The number of benzene rings is 1. The van der Waals surface area contributed by atoms with Crippen molar-refractivity contribution in [2.75, 3.05) is 11.9 Å². The van der Waals surface area contributed by atoms with Gasteiger partial charge in [-0.15, -0.1) is 0 Å². The first kappa shape index (κ1) is 10.7. The van der Waals surface area contributed by atoms with E-state index in [1.165, 1.54) is 13.8 Å². The lowest BCUT2D eigenvalue weighted by molar-refractivity contribution is 0.235. The van der Waals surface area contributed by atoms with Crippen LogP contribution in [0.5, 0.6) is 0 Å². The maximum atomic E-state index is 13.3. The molecule has 1 aromatic carbocycles. The molecule has 0 radical (unpaired) electrons. The van der Waals surface area contributed by atoms with Crippen molar-refractivity contribution in [2.45, 2.75) is 19.5 Å². The summed E-state index contributed by atoms with van der Waals surface area (Å²) in [7, 11) is 0. The highest BCUT2D eigenvalue weighted by Crippen LogP contribution is 2.17. The van der Waals surface area contributed by atoms with Crippen molar-refractivity contribution < 1.29 is 8.81 Å². The van der Waals surface area contributed by atoms with Gasteiger partial charge in [-0.3, -0.25) is 4.98 Å². The molecule has 0 aliphatic heterocycles. The second-order valence-corrected chi connectivity index (χ2v) is 4.30. The summed E-state index contributed by atoms with van der Waals surface area (Å²) in [5, 5.41) is 2.94. The summed E-state index contributed by atoms with van der Waals surface area (Å²) >= 11 is 0. The molecule has 1 heterocycles. The average molecular weight is 224 g/mol. The molecular formula is C11H13FN2O2. The largest absolute Gasteiger partial charge is 0.417 e. The number of hydrogen-bond donors (Lipinski definition) is 2. The van der Waals surface area contributed by atoms with Gasteiger partial charge in [-0.2, -0.15) is 0 Å². The molecule has 0 aliphatic rings. The van der Waals surface area contributed by atoms with E-state index in [4.69, 9.17) is 4.42 Å². The van der Waals surface area contributed by atoms with E-state index in [-0.39, 0.29) is 6.54 Å². The van der Waals surface area contributed by atoms with Gasteiger partial charge in [-0.05, 0) is 26.0 Å². The fourth-order valence-corrected chi connectivity index (χ4v) is 1.37. The molecule has 0 saturated heterocycles. The van der Waals surface area contributed by atoms with Crippen molar-refractivity contribution in [1.82, 2.24) is 4.98 Å². The molecule has 2 N–H and O–H groups in total. The second kappa shape index (κ2) is 3.66. The lowest BCUT2D eigenvalue weighted by atomic mass is 10.1. The van der Waals surface area contributed by atoms with Crippen molar-refractivity contribution in [3.8, 4) is 0 Å². The Morgan fingerprint density at radius 2 is 2.25 bits per heavy atom. The number of fused-ring (bicyclic) bond motifs is 1. The van der Waals surface area contributed by atoms with Crippen molar-refractivity contribution in [3.63, 3.8) is 0 Å². The Morgan fingerprint density at radius 3 is 2.94 bits per heavy atom. The van der Waals surface area contributed by atoms with Gasteiger partial charge in [0.15, 0.2) is 5.58 Å². The van der Waals surface area contributed by atoms with Crippen molar-refractivity contribution in [2.24, 2.45) is 0 Å². The zero-order valence-corrected chi connectivity index (χ0v) is 9.13. The highest BCUT2D eigenvalue weighted by Gasteiger charge is 2.14. The van der Waals surface area contributed by atoms with E-state index in [1.54, 1.807) is 18.2 Å². The highest BCUT2D eigenvalue weighted by atomic mass is 19.1. The van der Waals surface area contributed by atoms with Gasteiger partial charge in [0.2, 0.25) is 0 Å². The number of oxazole rings is 1. The number of H-pyrrole nitrogens is 1. The zero-order valence-electron chi connectivity index (χ0n) is 9.13. The third kappa shape index (κ3) is 2.42. The van der Waals surface area contributed by atoms with Crippen LogP contribution in [-0.4, -0.2) is 17.2 Å². The minimum Gasteiger partial charge on any atom is -0.408 e. The number of rotatable bonds is 3. The smallest absolute Gasteiger partial charge is 0.408 e. The van der Waals surface area contributed by atoms with Gasteiger partial charge in [0.05, 0.1) is 5.52 Å². The third-order valence-corrected chi connectivity index (χ3v) is 2.13. The topological polar surface area (TPSA) is 58.0 Å². The fourth-order valence-electron chi connectivity index (χ4n) is 1.37. The summed E-state index contributed by atoms with van der Waals surface area (Å²) in [6.07, 6.45) is 0. The number of aromatic amines is 1. The Morgan fingerprint density at radius 1 is 1.50 bits per heavy atom. The molecule has 5 heteroatoms. The van der Waals surface area contributed by atoms with Gasteiger partial charge >= 0.3 is 5.76 Å². The SMILES string of the molecule is CC(C)(F)CNc1ccc2[nH]c(=O)oc2c1. The lowest BCUT2D eigenvalue weighted by Gasteiger charge is -2.15. The third-order valence-electron chi connectivity index (χ3n) is 2.13. The highest BCUT2D eigenvalue weighted by molar-refractivity contribution is 5.76. The monoisotopic (exact) mass is 224 g/mol. The predicted octanol–water partition coefficient (Wildman–Crippen LogP) is 2.28. The van der Waals surface area contributed by atoms with Crippen LogP contribution in [-0.2, 0) is 0 Å². The van der Waals surface area contributed by atoms with Crippen LogP contribution in [0, 0.1) is 0 Å². The van der Waals surface area contributed by atoms with Crippen LogP contribution in [0.3, 0.4) is 0 Å². The summed E-state index contributed by atoms with van der Waals surface area (Å²) in [6.45, 7) is 3.19. The average Bonchev–Trinajstić information content (AvgIpc) is 2.52. The fraction of sp³-hybridized carbons (Fsp3) is 0.364. The van der Waals surface area contributed by atoms with Crippen LogP contribution < -0.4 is 11.1 Å². The Labute approximate surface area is 91.5 Å². The number of nitrogens with one attached hydrogen (secondary N) is 2. The standard InChI is InChI=1S/C11H13FN2O2/c1-11(2,12)6-13-7-3-4-8-9(5-7)16-10(15)14-8/h3-5,13H,6H2,1-2H3,(H,14,15). The van der Waals surface area contributed by atoms with Crippen LogP contribution in [0.4, 0.5) is 10.1 Å². The first-order valence-corrected chi connectivity index (χ1v) is 5.00. The maximum absolute atomic E-state index is 13.3. The normalized spacial score (nSPS) is 11.9. The number of aromatic nitrogens is 1. The van der Waals surface area contributed by atoms with Gasteiger partial charge < -0.3 is 9.73 Å². The van der Waals surface area contributed by atoms with Gasteiger partial charge in [-0.25, -0.2) is 9.18 Å². The van der Waals surface area contributed by atoms with E-state index >= 15 is 0 Å². The summed E-state index contributed by atoms with van der Waals surface area (Å²) < 4.78 is 18.1.